The number of fused-ring (bicyclic) bond motifs is 1. The van der Waals surface area contributed by atoms with E-state index >= 15 is 0 Å². The molecule has 0 amide bonds. The predicted molar refractivity (Wildman–Crippen MR) is 78.5 cm³/mol. The summed E-state index contributed by atoms with van der Waals surface area (Å²) in [7, 11) is -3.49. The first kappa shape index (κ1) is 14.9. The van der Waals surface area contributed by atoms with Gasteiger partial charge < -0.3 is 5.73 Å². The van der Waals surface area contributed by atoms with Gasteiger partial charge in [0.25, 0.3) is 0 Å². The summed E-state index contributed by atoms with van der Waals surface area (Å²) in [6, 6.07) is 7.03. The molecule has 108 valence electrons. The number of nitrogens with zero attached hydrogens (tertiary/aromatic N) is 2. The van der Waals surface area contributed by atoms with Crippen molar-refractivity contribution in [2.45, 2.75) is 18.2 Å². The Bertz CT molecular complexity index is 674. The van der Waals surface area contributed by atoms with Crippen LogP contribution in [0.25, 0.3) is 10.8 Å². The maximum absolute atomic E-state index is 12.8. The first-order valence-electron chi connectivity index (χ1n) is 6.73. The summed E-state index contributed by atoms with van der Waals surface area (Å²) in [4.78, 5) is 4.38. The van der Waals surface area contributed by atoms with E-state index in [-0.39, 0.29) is 0 Å². The Kier molecular flexibility index (Phi) is 4.69. The van der Waals surface area contributed by atoms with Crippen molar-refractivity contribution < 1.29 is 14.2 Å². The minimum Gasteiger partial charge on any atom is -0.356 e. The first-order chi connectivity index (χ1) is 9.61. The maximum atomic E-state index is 12.8. The van der Waals surface area contributed by atoms with Gasteiger partial charge in [-0.3, -0.25) is 4.98 Å². The Morgan fingerprint density at radius 3 is 2.75 bits per heavy atom. The van der Waals surface area contributed by atoms with Gasteiger partial charge in [0.15, 0.2) is 0 Å². The zero-order chi connectivity index (χ0) is 14.6. The van der Waals surface area contributed by atoms with Gasteiger partial charge in [-0.2, -0.15) is 4.31 Å². The lowest BCUT2D eigenvalue weighted by Crippen LogP contribution is -2.55. The van der Waals surface area contributed by atoms with Crippen LogP contribution in [-0.4, -0.2) is 37.3 Å². The Labute approximate surface area is 119 Å². The number of sulfonamides is 1. The number of aromatic nitrogens is 1. The van der Waals surface area contributed by atoms with Gasteiger partial charge >= 0.3 is 0 Å². The van der Waals surface area contributed by atoms with Gasteiger partial charge in [0.1, 0.15) is 0 Å². The van der Waals surface area contributed by atoms with Gasteiger partial charge in [0, 0.05) is 29.7 Å². The fourth-order valence-corrected chi connectivity index (χ4v) is 4.02. The van der Waals surface area contributed by atoms with Crippen molar-refractivity contribution in [2.75, 3.05) is 19.6 Å². The molecule has 0 atom stereocenters. The Hall–Kier alpha value is -1.50. The monoisotopic (exact) mass is 294 g/mol. The molecule has 20 heavy (non-hydrogen) atoms. The molecule has 3 N–H and O–H groups in total. The van der Waals surface area contributed by atoms with Crippen LogP contribution in [0.2, 0.25) is 0 Å². The second kappa shape index (κ2) is 6.30. The van der Waals surface area contributed by atoms with Crippen LogP contribution >= 0.6 is 0 Å². The summed E-state index contributed by atoms with van der Waals surface area (Å²) < 4.78 is 27.1. The van der Waals surface area contributed by atoms with Gasteiger partial charge in [-0.1, -0.05) is 19.1 Å². The van der Waals surface area contributed by atoms with Crippen LogP contribution in [0.5, 0.6) is 0 Å². The van der Waals surface area contributed by atoms with Crippen LogP contribution in [-0.2, 0) is 10.0 Å². The molecule has 2 aromatic rings. The zero-order valence-electron chi connectivity index (χ0n) is 11.6. The molecule has 0 radical (unpaired) electrons. The van der Waals surface area contributed by atoms with Crippen LogP contribution in [0.1, 0.15) is 13.3 Å². The number of benzene rings is 1. The molecule has 2 rings (SSSR count). The van der Waals surface area contributed by atoms with Crippen LogP contribution < -0.4 is 5.73 Å². The third-order valence-corrected chi connectivity index (χ3v) is 5.10. The van der Waals surface area contributed by atoms with Crippen molar-refractivity contribution in [3.63, 3.8) is 0 Å². The topological polar surface area (TPSA) is 77.9 Å². The van der Waals surface area contributed by atoms with E-state index in [1.54, 1.807) is 30.6 Å². The lowest BCUT2D eigenvalue weighted by atomic mass is 10.2. The molecular formula is C14H20N3O2S+. The van der Waals surface area contributed by atoms with Crippen LogP contribution in [0, 0.1) is 0 Å². The van der Waals surface area contributed by atoms with E-state index in [0.29, 0.717) is 29.9 Å². The molecule has 6 heteroatoms. The van der Waals surface area contributed by atoms with E-state index in [2.05, 4.69) is 10.7 Å². The molecule has 1 aromatic heterocycles. The smallest absolute Gasteiger partial charge is 0.243 e. The molecule has 0 spiro atoms. The van der Waals surface area contributed by atoms with Gasteiger partial charge in [0.2, 0.25) is 10.0 Å². The van der Waals surface area contributed by atoms with E-state index in [4.69, 9.17) is 0 Å². The molecule has 5 nitrogen and oxygen atoms in total. The molecule has 0 saturated heterocycles. The van der Waals surface area contributed by atoms with Crippen LogP contribution in [0.15, 0.2) is 41.6 Å². The third kappa shape index (κ3) is 2.82. The molecule has 1 heterocycles. The van der Waals surface area contributed by atoms with E-state index in [1.165, 1.54) is 4.31 Å². The van der Waals surface area contributed by atoms with Crippen molar-refractivity contribution >= 4 is 20.8 Å². The highest BCUT2D eigenvalue weighted by Gasteiger charge is 2.25. The number of rotatable bonds is 6. The average molecular weight is 294 g/mol. The van der Waals surface area contributed by atoms with Crippen molar-refractivity contribution in [1.29, 1.82) is 0 Å². The highest BCUT2D eigenvalue weighted by molar-refractivity contribution is 7.89. The molecule has 0 aliphatic rings. The van der Waals surface area contributed by atoms with E-state index in [1.807, 2.05) is 13.0 Å². The number of pyridine rings is 1. The zero-order valence-corrected chi connectivity index (χ0v) is 12.4. The van der Waals surface area contributed by atoms with Gasteiger partial charge in [-0.25, -0.2) is 8.42 Å². The summed E-state index contributed by atoms with van der Waals surface area (Å²) in [5.41, 5.74) is 3.76. The quantitative estimate of drug-likeness (QED) is 0.859. The molecule has 0 aliphatic heterocycles. The summed E-state index contributed by atoms with van der Waals surface area (Å²) in [6.07, 6.45) is 4.08. The highest BCUT2D eigenvalue weighted by atomic mass is 32.2. The molecule has 0 aliphatic carbocycles. The third-order valence-electron chi connectivity index (χ3n) is 3.14. The number of hydrogen-bond donors (Lipinski definition) is 1. The van der Waals surface area contributed by atoms with Crippen LogP contribution in [0.4, 0.5) is 0 Å². The van der Waals surface area contributed by atoms with Crippen molar-refractivity contribution in [3.05, 3.63) is 36.7 Å². The Morgan fingerprint density at radius 1 is 1.25 bits per heavy atom. The highest BCUT2D eigenvalue weighted by Crippen LogP contribution is 2.25. The van der Waals surface area contributed by atoms with Crippen molar-refractivity contribution in [3.8, 4) is 0 Å². The Morgan fingerprint density at radius 2 is 2.05 bits per heavy atom. The molecular weight excluding hydrogens is 274 g/mol. The minimum absolute atomic E-state index is 0.347. The fraction of sp³-hybridized carbons (Fsp3) is 0.357. The normalized spacial score (nSPS) is 12.2. The van der Waals surface area contributed by atoms with E-state index < -0.39 is 10.0 Å². The van der Waals surface area contributed by atoms with E-state index in [9.17, 15) is 8.42 Å². The van der Waals surface area contributed by atoms with Gasteiger partial charge in [-0.05, 0) is 18.6 Å². The summed E-state index contributed by atoms with van der Waals surface area (Å²) >= 11 is 0. The van der Waals surface area contributed by atoms with Crippen molar-refractivity contribution in [1.82, 2.24) is 9.29 Å². The summed E-state index contributed by atoms with van der Waals surface area (Å²) in [5.74, 6) is 0. The second-order valence-corrected chi connectivity index (χ2v) is 6.52. The first-order valence-corrected chi connectivity index (χ1v) is 8.17. The SMILES string of the molecule is CCCN(CC[NH3+])S(=O)(=O)c1cccc2cnccc12. The lowest BCUT2D eigenvalue weighted by Gasteiger charge is -2.21. The minimum atomic E-state index is -3.49. The Balaban J connectivity index is 2.56. The molecule has 1 aromatic carbocycles. The standard InChI is InChI=1S/C14H19N3O2S/c1-2-9-17(10-7-15)20(18,19)14-5-3-4-12-11-16-8-6-13(12)14/h3-6,8,11H,2,7,9-10,15H2,1H3/p+1. The van der Waals surface area contributed by atoms with E-state index in [0.717, 1.165) is 11.8 Å². The average Bonchev–Trinajstić information content (AvgIpc) is 2.46. The molecule has 0 fully saturated rings. The van der Waals surface area contributed by atoms with Crippen molar-refractivity contribution in [2.24, 2.45) is 0 Å². The second-order valence-electron chi connectivity index (χ2n) is 4.61. The molecule has 0 saturated carbocycles. The number of quaternary nitrogens is 1. The number of hydrogen-bond acceptors (Lipinski definition) is 3. The maximum Gasteiger partial charge on any atom is 0.243 e. The predicted octanol–water partition coefficient (Wildman–Crippen LogP) is 0.877. The molecule has 0 bridgehead atoms. The lowest BCUT2D eigenvalue weighted by molar-refractivity contribution is -0.367. The van der Waals surface area contributed by atoms with Gasteiger partial charge in [-0.15, -0.1) is 0 Å². The summed E-state index contributed by atoms with van der Waals surface area (Å²) in [5, 5.41) is 1.55. The fourth-order valence-electron chi connectivity index (χ4n) is 2.23. The molecule has 0 unspecified atom stereocenters. The van der Waals surface area contributed by atoms with Gasteiger partial charge in [0.05, 0.1) is 18.0 Å². The van der Waals surface area contributed by atoms with Crippen LogP contribution in [0.3, 0.4) is 0 Å². The largest absolute Gasteiger partial charge is 0.356 e. The summed E-state index contributed by atoms with van der Waals surface area (Å²) in [6.45, 7) is 3.49.